The standard InChI is InChI=1S/C15H12Br2ClN3O3/c16-9-1-6-13(12(17)7-9)24-8-14(22)20-21-15(23)19-11-4-2-10(18)3-5-11/h1-7H,8H2,(H,20,22)(H2,19,21,23). The van der Waals surface area contributed by atoms with Gasteiger partial charge in [-0.1, -0.05) is 27.5 Å². The minimum atomic E-state index is -0.588. The lowest BCUT2D eigenvalue weighted by Gasteiger charge is -2.11. The fourth-order valence-corrected chi connectivity index (χ4v) is 2.88. The molecule has 0 saturated heterocycles. The number of halogens is 3. The summed E-state index contributed by atoms with van der Waals surface area (Å²) in [6.45, 7) is -0.249. The first-order valence-corrected chi connectivity index (χ1v) is 8.59. The second-order valence-corrected chi connectivity index (χ2v) is 6.70. The molecule has 0 saturated carbocycles. The number of urea groups is 1. The highest BCUT2D eigenvalue weighted by atomic mass is 79.9. The lowest BCUT2D eigenvalue weighted by Crippen LogP contribution is -2.45. The SMILES string of the molecule is O=C(COc1ccc(Br)cc1Br)NNC(=O)Nc1ccc(Cl)cc1. The van der Waals surface area contributed by atoms with Gasteiger partial charge in [-0.15, -0.1) is 0 Å². The number of amides is 3. The molecule has 3 amide bonds. The third-order valence-electron chi connectivity index (χ3n) is 2.67. The molecule has 2 aromatic carbocycles. The number of benzene rings is 2. The summed E-state index contributed by atoms with van der Waals surface area (Å²) in [5, 5.41) is 3.10. The summed E-state index contributed by atoms with van der Waals surface area (Å²) in [6, 6.07) is 11.3. The highest BCUT2D eigenvalue weighted by Crippen LogP contribution is 2.28. The molecule has 0 aliphatic rings. The van der Waals surface area contributed by atoms with Crippen molar-refractivity contribution in [2.24, 2.45) is 0 Å². The van der Waals surface area contributed by atoms with Crippen LogP contribution in [-0.2, 0) is 4.79 Å². The average molecular weight is 478 g/mol. The number of hydrogen-bond acceptors (Lipinski definition) is 3. The lowest BCUT2D eigenvalue weighted by atomic mass is 10.3. The Morgan fingerprint density at radius 1 is 1.04 bits per heavy atom. The van der Waals surface area contributed by atoms with Crippen LogP contribution in [0.2, 0.25) is 5.02 Å². The second kappa shape index (κ2) is 8.91. The summed E-state index contributed by atoms with van der Waals surface area (Å²) < 4.78 is 6.94. The van der Waals surface area contributed by atoms with Crippen LogP contribution >= 0.6 is 43.5 Å². The maximum atomic E-state index is 11.7. The normalized spacial score (nSPS) is 9.96. The predicted molar refractivity (Wildman–Crippen MR) is 99.1 cm³/mol. The zero-order valence-corrected chi connectivity index (χ0v) is 16.0. The number of carbonyl (C=O) groups excluding carboxylic acids is 2. The molecule has 0 unspecified atom stereocenters. The Morgan fingerprint density at radius 2 is 1.75 bits per heavy atom. The summed E-state index contributed by atoms with van der Waals surface area (Å²) >= 11 is 12.4. The smallest absolute Gasteiger partial charge is 0.337 e. The Bertz CT molecular complexity index is 741. The molecule has 126 valence electrons. The van der Waals surface area contributed by atoms with Crippen LogP contribution in [0.25, 0.3) is 0 Å². The largest absolute Gasteiger partial charge is 0.483 e. The molecule has 24 heavy (non-hydrogen) atoms. The van der Waals surface area contributed by atoms with Gasteiger partial charge in [0.05, 0.1) is 4.47 Å². The van der Waals surface area contributed by atoms with Gasteiger partial charge in [0.1, 0.15) is 5.75 Å². The van der Waals surface area contributed by atoms with Crippen molar-refractivity contribution in [3.8, 4) is 5.75 Å². The molecule has 0 aromatic heterocycles. The number of anilines is 1. The van der Waals surface area contributed by atoms with E-state index in [1.54, 1.807) is 42.5 Å². The summed E-state index contributed by atoms with van der Waals surface area (Å²) in [6.07, 6.45) is 0. The van der Waals surface area contributed by atoms with Crippen LogP contribution in [0.1, 0.15) is 0 Å². The van der Waals surface area contributed by atoms with E-state index >= 15 is 0 Å². The van der Waals surface area contributed by atoms with Gasteiger partial charge >= 0.3 is 6.03 Å². The van der Waals surface area contributed by atoms with Crippen molar-refractivity contribution in [2.45, 2.75) is 0 Å². The van der Waals surface area contributed by atoms with Gasteiger partial charge in [0, 0.05) is 15.2 Å². The Hall–Kier alpha value is -1.77. The predicted octanol–water partition coefficient (Wildman–Crippen LogP) is 4.10. The van der Waals surface area contributed by atoms with Crippen molar-refractivity contribution in [3.05, 3.63) is 56.4 Å². The zero-order valence-electron chi connectivity index (χ0n) is 12.1. The molecule has 9 heteroatoms. The quantitative estimate of drug-likeness (QED) is 0.581. The topological polar surface area (TPSA) is 79.5 Å². The Kier molecular flexibility index (Phi) is 6.89. The zero-order chi connectivity index (χ0) is 17.5. The Morgan fingerprint density at radius 3 is 2.42 bits per heavy atom. The molecule has 0 spiro atoms. The van der Waals surface area contributed by atoms with Crippen molar-refractivity contribution in [3.63, 3.8) is 0 Å². The highest BCUT2D eigenvalue weighted by Gasteiger charge is 2.08. The molecule has 2 aromatic rings. The first-order chi connectivity index (χ1) is 11.4. The maximum Gasteiger partial charge on any atom is 0.337 e. The molecule has 0 aliphatic carbocycles. The molecule has 0 atom stereocenters. The first-order valence-electron chi connectivity index (χ1n) is 6.63. The van der Waals surface area contributed by atoms with Crippen molar-refractivity contribution in [1.82, 2.24) is 10.9 Å². The van der Waals surface area contributed by atoms with Crippen LogP contribution < -0.4 is 20.9 Å². The van der Waals surface area contributed by atoms with Crippen LogP contribution in [0.4, 0.5) is 10.5 Å². The first kappa shape index (κ1) is 18.6. The Balaban J connectivity index is 1.74. The van der Waals surface area contributed by atoms with Crippen molar-refractivity contribution in [2.75, 3.05) is 11.9 Å². The van der Waals surface area contributed by atoms with Gasteiger partial charge < -0.3 is 10.1 Å². The monoisotopic (exact) mass is 475 g/mol. The van der Waals surface area contributed by atoms with Gasteiger partial charge in [-0.2, -0.15) is 0 Å². The maximum absolute atomic E-state index is 11.7. The van der Waals surface area contributed by atoms with Crippen molar-refractivity contribution in [1.29, 1.82) is 0 Å². The summed E-state index contributed by atoms with van der Waals surface area (Å²) in [5.74, 6) is 0.00930. The third kappa shape index (κ3) is 6.03. The number of hydrazine groups is 1. The minimum Gasteiger partial charge on any atom is -0.483 e. The van der Waals surface area contributed by atoms with E-state index in [2.05, 4.69) is 48.0 Å². The van der Waals surface area contributed by atoms with Gasteiger partial charge in [0.2, 0.25) is 0 Å². The van der Waals surface area contributed by atoms with Crippen LogP contribution in [0, 0.1) is 0 Å². The second-order valence-electron chi connectivity index (χ2n) is 4.50. The molecule has 6 nitrogen and oxygen atoms in total. The van der Waals surface area contributed by atoms with Crippen LogP contribution in [-0.4, -0.2) is 18.5 Å². The molecule has 0 fully saturated rings. The summed E-state index contributed by atoms with van der Waals surface area (Å²) in [5.41, 5.74) is 5.01. The van der Waals surface area contributed by atoms with E-state index in [4.69, 9.17) is 16.3 Å². The van der Waals surface area contributed by atoms with E-state index in [1.165, 1.54) is 0 Å². The summed E-state index contributed by atoms with van der Waals surface area (Å²) in [4.78, 5) is 23.3. The highest BCUT2D eigenvalue weighted by molar-refractivity contribution is 9.11. The molecular formula is C15H12Br2ClN3O3. The number of nitrogens with one attached hydrogen (secondary N) is 3. The van der Waals surface area contributed by atoms with Crippen molar-refractivity contribution < 1.29 is 14.3 Å². The van der Waals surface area contributed by atoms with Crippen LogP contribution in [0.3, 0.4) is 0 Å². The number of hydrogen-bond donors (Lipinski definition) is 3. The van der Waals surface area contributed by atoms with Gasteiger partial charge in [-0.05, 0) is 58.4 Å². The van der Waals surface area contributed by atoms with Gasteiger partial charge in [-0.3, -0.25) is 10.2 Å². The Labute approximate surface area is 160 Å². The van der Waals surface area contributed by atoms with E-state index in [0.717, 1.165) is 4.47 Å². The molecule has 0 bridgehead atoms. The van der Waals surface area contributed by atoms with Gasteiger partial charge in [0.15, 0.2) is 6.61 Å². The fraction of sp³-hybridized carbons (Fsp3) is 0.0667. The van der Waals surface area contributed by atoms with Crippen LogP contribution in [0.15, 0.2) is 51.4 Å². The molecule has 0 radical (unpaired) electrons. The van der Waals surface area contributed by atoms with E-state index in [0.29, 0.717) is 20.9 Å². The number of rotatable bonds is 4. The van der Waals surface area contributed by atoms with Crippen LogP contribution in [0.5, 0.6) is 5.75 Å². The lowest BCUT2D eigenvalue weighted by molar-refractivity contribution is -0.123. The minimum absolute atomic E-state index is 0.249. The number of carbonyl (C=O) groups is 2. The van der Waals surface area contributed by atoms with E-state index in [9.17, 15) is 9.59 Å². The van der Waals surface area contributed by atoms with Gasteiger partial charge in [0.25, 0.3) is 5.91 Å². The molecule has 0 heterocycles. The number of ether oxygens (including phenoxy) is 1. The van der Waals surface area contributed by atoms with Crippen molar-refractivity contribution >= 4 is 61.1 Å². The molecular weight excluding hydrogens is 465 g/mol. The van der Waals surface area contributed by atoms with E-state index < -0.39 is 11.9 Å². The summed E-state index contributed by atoms with van der Waals surface area (Å²) in [7, 11) is 0. The average Bonchev–Trinajstić information content (AvgIpc) is 2.54. The molecule has 0 aliphatic heterocycles. The molecule has 2 rings (SSSR count). The third-order valence-corrected chi connectivity index (χ3v) is 4.04. The van der Waals surface area contributed by atoms with Gasteiger partial charge in [-0.25, -0.2) is 10.2 Å². The fourth-order valence-electron chi connectivity index (χ4n) is 1.59. The molecule has 3 N–H and O–H groups in total. The van der Waals surface area contributed by atoms with E-state index in [-0.39, 0.29) is 6.61 Å². The van der Waals surface area contributed by atoms with E-state index in [1.807, 2.05) is 0 Å².